The van der Waals surface area contributed by atoms with Crippen LogP contribution < -0.4 is 15.4 Å². The Balaban J connectivity index is 1.84. The number of ether oxygens (including phenoxy) is 1. The quantitative estimate of drug-likeness (QED) is 0.348. The maximum absolute atomic E-state index is 11.9. The van der Waals surface area contributed by atoms with E-state index < -0.39 is 0 Å². The molecular formula is C23H39N3O3. The fraction of sp³-hybridized carbons (Fsp3) is 0.696. The van der Waals surface area contributed by atoms with Gasteiger partial charge in [0, 0.05) is 26.0 Å². The Kier molecular flexibility index (Phi) is 14.4. The summed E-state index contributed by atoms with van der Waals surface area (Å²) in [6.45, 7) is 0. The average molecular weight is 406 g/mol. The second-order valence-electron chi connectivity index (χ2n) is 7.55. The van der Waals surface area contributed by atoms with Crippen LogP contribution in [0.25, 0.3) is 0 Å². The van der Waals surface area contributed by atoms with Crippen molar-refractivity contribution < 1.29 is 14.3 Å². The van der Waals surface area contributed by atoms with Gasteiger partial charge in [-0.25, -0.2) is 4.98 Å². The van der Waals surface area contributed by atoms with Crippen molar-refractivity contribution in [2.24, 2.45) is 0 Å². The van der Waals surface area contributed by atoms with Crippen LogP contribution >= 0.6 is 0 Å². The Hall–Kier alpha value is -2.11. The fourth-order valence-corrected chi connectivity index (χ4v) is 3.26. The van der Waals surface area contributed by atoms with Crippen molar-refractivity contribution in [1.82, 2.24) is 10.3 Å². The third-order valence-electron chi connectivity index (χ3n) is 5.07. The van der Waals surface area contributed by atoms with Gasteiger partial charge < -0.3 is 15.4 Å². The molecule has 6 heteroatoms. The molecule has 0 aliphatic rings. The van der Waals surface area contributed by atoms with Crippen LogP contribution in [0.5, 0.6) is 5.88 Å². The number of hydrogen-bond donors (Lipinski definition) is 2. The lowest BCUT2D eigenvalue weighted by Gasteiger charge is -2.06. The molecule has 1 aromatic heterocycles. The lowest BCUT2D eigenvalue weighted by atomic mass is 10.0. The highest BCUT2D eigenvalue weighted by molar-refractivity contribution is 5.90. The lowest BCUT2D eigenvalue weighted by Crippen LogP contribution is -2.16. The number of anilines is 1. The van der Waals surface area contributed by atoms with Gasteiger partial charge in [0.05, 0.1) is 19.0 Å². The second kappa shape index (κ2) is 16.8. The monoisotopic (exact) mass is 405 g/mol. The summed E-state index contributed by atoms with van der Waals surface area (Å²) >= 11 is 0. The van der Waals surface area contributed by atoms with Crippen molar-refractivity contribution in [3.05, 3.63) is 18.3 Å². The largest absolute Gasteiger partial charge is 0.481 e. The van der Waals surface area contributed by atoms with E-state index in [-0.39, 0.29) is 11.8 Å². The van der Waals surface area contributed by atoms with Crippen molar-refractivity contribution >= 4 is 17.5 Å². The smallest absolute Gasteiger partial charge is 0.224 e. The first-order valence-corrected chi connectivity index (χ1v) is 11.2. The van der Waals surface area contributed by atoms with Gasteiger partial charge in [0.2, 0.25) is 17.7 Å². The van der Waals surface area contributed by atoms with Crippen LogP contribution in [-0.4, -0.2) is 31.0 Å². The molecular weight excluding hydrogens is 366 g/mol. The van der Waals surface area contributed by atoms with Gasteiger partial charge in [-0.1, -0.05) is 64.2 Å². The Morgan fingerprint density at radius 1 is 0.793 bits per heavy atom. The number of amides is 2. The molecule has 0 aliphatic heterocycles. The Morgan fingerprint density at radius 2 is 1.28 bits per heavy atom. The average Bonchev–Trinajstić information content (AvgIpc) is 2.74. The molecule has 0 saturated carbocycles. The SMILES string of the molecule is CNC(=O)CCCCCCCCCCCCCCC(=O)Nc1ccc(OC)nc1. The van der Waals surface area contributed by atoms with E-state index >= 15 is 0 Å². The highest BCUT2D eigenvalue weighted by atomic mass is 16.5. The molecule has 1 rings (SSSR count). The summed E-state index contributed by atoms with van der Waals surface area (Å²) in [5, 5.41) is 5.53. The number of nitrogens with zero attached hydrogens (tertiary/aromatic N) is 1. The van der Waals surface area contributed by atoms with Crippen LogP contribution in [-0.2, 0) is 9.59 Å². The van der Waals surface area contributed by atoms with Crippen LogP contribution in [0.4, 0.5) is 5.69 Å². The van der Waals surface area contributed by atoms with Gasteiger partial charge in [0.1, 0.15) is 0 Å². The van der Waals surface area contributed by atoms with Crippen LogP contribution in [0, 0.1) is 0 Å². The van der Waals surface area contributed by atoms with Crippen molar-refractivity contribution in [2.75, 3.05) is 19.5 Å². The predicted molar refractivity (Wildman–Crippen MR) is 118 cm³/mol. The van der Waals surface area contributed by atoms with Crippen molar-refractivity contribution in [3.63, 3.8) is 0 Å². The predicted octanol–water partition coefficient (Wildman–Crippen LogP) is 5.24. The number of methoxy groups -OCH3 is 1. The number of pyridine rings is 1. The van der Waals surface area contributed by atoms with Crippen LogP contribution in [0.15, 0.2) is 18.3 Å². The van der Waals surface area contributed by atoms with E-state index in [2.05, 4.69) is 15.6 Å². The van der Waals surface area contributed by atoms with Gasteiger partial charge >= 0.3 is 0 Å². The van der Waals surface area contributed by atoms with Crippen molar-refractivity contribution in [3.8, 4) is 5.88 Å². The molecule has 0 fully saturated rings. The number of nitrogens with one attached hydrogen (secondary N) is 2. The maximum Gasteiger partial charge on any atom is 0.224 e. The molecule has 0 radical (unpaired) electrons. The zero-order chi connectivity index (χ0) is 21.2. The number of carbonyl (C=O) groups is 2. The van der Waals surface area contributed by atoms with Crippen LogP contribution in [0.2, 0.25) is 0 Å². The summed E-state index contributed by atoms with van der Waals surface area (Å²) in [5.41, 5.74) is 0.710. The molecule has 164 valence electrons. The Bertz CT molecular complexity index is 561. The molecule has 0 unspecified atom stereocenters. The fourth-order valence-electron chi connectivity index (χ4n) is 3.26. The zero-order valence-electron chi connectivity index (χ0n) is 18.3. The van der Waals surface area contributed by atoms with Crippen LogP contribution in [0.3, 0.4) is 0 Å². The van der Waals surface area contributed by atoms with E-state index in [0.29, 0.717) is 24.4 Å². The van der Waals surface area contributed by atoms with Gasteiger partial charge in [0.25, 0.3) is 0 Å². The summed E-state index contributed by atoms with van der Waals surface area (Å²) in [5.74, 6) is 0.744. The number of aromatic nitrogens is 1. The van der Waals surface area contributed by atoms with E-state index in [1.165, 1.54) is 51.4 Å². The lowest BCUT2D eigenvalue weighted by molar-refractivity contribution is -0.120. The highest BCUT2D eigenvalue weighted by Gasteiger charge is 2.03. The standard InChI is InChI=1S/C23H39N3O3/c1-24-21(27)15-13-11-9-7-5-3-4-6-8-10-12-14-16-22(28)26-20-17-18-23(29-2)25-19-20/h17-19H,3-16H2,1-2H3,(H,24,27)(H,26,28). The van der Waals surface area contributed by atoms with E-state index in [1.807, 2.05) is 0 Å². The summed E-state index contributed by atoms with van der Waals surface area (Å²) in [7, 11) is 3.27. The van der Waals surface area contributed by atoms with E-state index in [0.717, 1.165) is 25.7 Å². The molecule has 0 spiro atoms. The Labute approximate surface area is 176 Å². The second-order valence-corrected chi connectivity index (χ2v) is 7.55. The maximum atomic E-state index is 11.9. The van der Waals surface area contributed by atoms with Crippen molar-refractivity contribution in [2.45, 2.75) is 89.9 Å². The summed E-state index contributed by atoms with van der Waals surface area (Å²) in [4.78, 5) is 27.1. The van der Waals surface area contributed by atoms with Gasteiger partial charge in [0.15, 0.2) is 0 Å². The summed E-state index contributed by atoms with van der Waals surface area (Å²) in [6, 6.07) is 3.54. The molecule has 0 bridgehead atoms. The summed E-state index contributed by atoms with van der Waals surface area (Å²) in [6.07, 6.45) is 17.3. The molecule has 0 aliphatic carbocycles. The molecule has 2 amide bonds. The third-order valence-corrected chi connectivity index (χ3v) is 5.07. The van der Waals surface area contributed by atoms with Gasteiger partial charge in [-0.3, -0.25) is 9.59 Å². The molecule has 6 nitrogen and oxygen atoms in total. The number of carbonyl (C=O) groups excluding carboxylic acids is 2. The van der Waals surface area contributed by atoms with E-state index in [4.69, 9.17) is 4.74 Å². The molecule has 0 saturated heterocycles. The van der Waals surface area contributed by atoms with Crippen LogP contribution in [0.1, 0.15) is 89.9 Å². The first-order valence-electron chi connectivity index (χ1n) is 11.2. The van der Waals surface area contributed by atoms with Gasteiger partial charge in [-0.05, 0) is 18.9 Å². The third kappa shape index (κ3) is 13.7. The molecule has 2 N–H and O–H groups in total. The van der Waals surface area contributed by atoms with E-state index in [1.54, 1.807) is 32.5 Å². The van der Waals surface area contributed by atoms with Crippen molar-refractivity contribution in [1.29, 1.82) is 0 Å². The molecule has 0 aromatic carbocycles. The van der Waals surface area contributed by atoms with E-state index in [9.17, 15) is 9.59 Å². The van der Waals surface area contributed by atoms with Gasteiger partial charge in [-0.15, -0.1) is 0 Å². The van der Waals surface area contributed by atoms with Gasteiger partial charge in [-0.2, -0.15) is 0 Å². The highest BCUT2D eigenvalue weighted by Crippen LogP contribution is 2.14. The normalized spacial score (nSPS) is 10.6. The number of unbranched alkanes of at least 4 members (excludes halogenated alkanes) is 11. The zero-order valence-corrected chi connectivity index (χ0v) is 18.3. The molecule has 0 atom stereocenters. The minimum absolute atomic E-state index is 0.0484. The molecule has 29 heavy (non-hydrogen) atoms. The first kappa shape index (κ1) is 24.9. The number of rotatable bonds is 17. The minimum Gasteiger partial charge on any atom is -0.481 e. The number of hydrogen-bond acceptors (Lipinski definition) is 4. The summed E-state index contributed by atoms with van der Waals surface area (Å²) < 4.78 is 5.00. The minimum atomic E-state index is 0.0484. The Morgan fingerprint density at radius 3 is 1.69 bits per heavy atom. The topological polar surface area (TPSA) is 80.3 Å². The first-order chi connectivity index (χ1) is 14.2. The molecule has 1 heterocycles. The molecule has 1 aromatic rings.